The normalized spacial score (nSPS) is 24.3. The van der Waals surface area contributed by atoms with E-state index in [0.29, 0.717) is 6.61 Å². The van der Waals surface area contributed by atoms with Gasteiger partial charge in [-0.2, -0.15) is 0 Å². The molecule has 1 heterocycles. The summed E-state index contributed by atoms with van der Waals surface area (Å²) in [5, 5.41) is 3.74. The highest BCUT2D eigenvalue weighted by Crippen LogP contribution is 2.46. The predicted molar refractivity (Wildman–Crippen MR) is 224 cm³/mol. The molecule has 0 unspecified atom stereocenters. The van der Waals surface area contributed by atoms with Gasteiger partial charge >= 0.3 is 0 Å². The average molecular weight is 806 g/mol. The highest BCUT2D eigenvalue weighted by atomic mass is 28.4. The summed E-state index contributed by atoms with van der Waals surface area (Å²) in [6.07, 6.45) is -2.15. The summed E-state index contributed by atoms with van der Waals surface area (Å²) in [5.74, 6) is 0. The third-order valence-corrected chi connectivity index (χ3v) is 30.3. The standard InChI is InChI=1S/C37H79N3O8Si4/c1-23-28(43-26-41-14)27(39-40-38)24-42-33-32(48-52(21,22)37(11,12)13)31(47-51(19,20)36(8,9)10)30(46-50(17,18)35(5,6)7)29(45-33)25-44-49(15,16)34(2,3)4/h23,27-33H,1,24-26H2,2-22H3/t27-,28+,29-,30-,31+,32-,33-/m1/s1. The third kappa shape index (κ3) is 13.1. The van der Waals surface area contributed by atoms with Crippen molar-refractivity contribution in [3.05, 3.63) is 23.1 Å². The van der Waals surface area contributed by atoms with Crippen LogP contribution in [0.25, 0.3) is 10.4 Å². The maximum Gasteiger partial charge on any atom is 0.192 e. The summed E-state index contributed by atoms with van der Waals surface area (Å²) >= 11 is 0. The molecule has 0 saturated carbocycles. The van der Waals surface area contributed by atoms with Crippen LogP contribution in [-0.4, -0.2) is 103 Å². The molecule has 52 heavy (non-hydrogen) atoms. The Morgan fingerprint density at radius 3 is 1.52 bits per heavy atom. The molecule has 7 atom stereocenters. The van der Waals surface area contributed by atoms with Crippen LogP contribution in [0.5, 0.6) is 0 Å². The number of hydrogen-bond donors (Lipinski definition) is 0. The minimum atomic E-state index is -2.47. The second kappa shape index (κ2) is 18.2. The van der Waals surface area contributed by atoms with Crippen molar-refractivity contribution in [2.75, 3.05) is 27.1 Å². The van der Waals surface area contributed by atoms with Crippen molar-refractivity contribution in [2.24, 2.45) is 5.11 Å². The van der Waals surface area contributed by atoms with Crippen LogP contribution in [0.1, 0.15) is 83.1 Å². The lowest BCUT2D eigenvalue weighted by Crippen LogP contribution is -2.68. The van der Waals surface area contributed by atoms with Crippen LogP contribution < -0.4 is 0 Å². The first-order chi connectivity index (χ1) is 23.2. The highest BCUT2D eigenvalue weighted by Gasteiger charge is 2.57. The molecule has 0 spiro atoms. The summed E-state index contributed by atoms with van der Waals surface area (Å²) in [4.78, 5) is 3.11. The monoisotopic (exact) mass is 805 g/mol. The maximum absolute atomic E-state index is 9.54. The molecule has 11 nitrogen and oxygen atoms in total. The fraction of sp³-hybridized carbons (Fsp3) is 0.946. The first-order valence-electron chi connectivity index (χ1n) is 18.9. The summed E-state index contributed by atoms with van der Waals surface area (Å²) in [6, 6.07) is -0.738. The highest BCUT2D eigenvalue weighted by molar-refractivity contribution is 6.75. The van der Waals surface area contributed by atoms with Crippen LogP contribution in [0.4, 0.5) is 0 Å². The summed E-state index contributed by atoms with van der Waals surface area (Å²) in [6.45, 7) is 49.1. The fourth-order valence-electron chi connectivity index (χ4n) is 4.54. The van der Waals surface area contributed by atoms with Crippen molar-refractivity contribution in [2.45, 2.75) is 198 Å². The van der Waals surface area contributed by atoms with E-state index in [4.69, 9.17) is 36.7 Å². The van der Waals surface area contributed by atoms with Crippen LogP contribution in [-0.2, 0) is 36.7 Å². The van der Waals surface area contributed by atoms with Gasteiger partial charge in [-0.15, -0.1) is 6.58 Å². The summed E-state index contributed by atoms with van der Waals surface area (Å²) < 4.78 is 54.0. The molecule has 0 amide bonds. The van der Waals surface area contributed by atoms with Gasteiger partial charge < -0.3 is 36.7 Å². The Kier molecular flexibility index (Phi) is 17.4. The molecule has 1 saturated heterocycles. The Morgan fingerprint density at radius 2 is 1.13 bits per heavy atom. The number of methoxy groups -OCH3 is 1. The van der Waals surface area contributed by atoms with Crippen LogP contribution in [0.2, 0.25) is 72.5 Å². The third-order valence-electron chi connectivity index (χ3n) is 12.3. The molecular formula is C37H79N3O8Si4. The van der Waals surface area contributed by atoms with Crippen molar-refractivity contribution in [3.63, 3.8) is 0 Å². The minimum absolute atomic E-state index is 0.00688. The molecule has 0 aromatic carbocycles. The summed E-state index contributed by atoms with van der Waals surface area (Å²) in [7, 11) is -7.99. The van der Waals surface area contributed by atoms with Crippen LogP contribution in [0.15, 0.2) is 17.8 Å². The van der Waals surface area contributed by atoms with E-state index in [9.17, 15) is 5.53 Å². The van der Waals surface area contributed by atoms with Crippen molar-refractivity contribution in [3.8, 4) is 0 Å². The second-order valence-corrected chi connectivity index (χ2v) is 39.6. The Hall–Kier alpha value is -0.402. The molecule has 0 aliphatic carbocycles. The van der Waals surface area contributed by atoms with E-state index < -0.39 is 76.1 Å². The Morgan fingerprint density at radius 1 is 0.712 bits per heavy atom. The number of nitrogens with zero attached hydrogens (tertiary/aromatic N) is 3. The van der Waals surface area contributed by atoms with Crippen molar-refractivity contribution in [1.82, 2.24) is 0 Å². The van der Waals surface area contributed by atoms with Crippen LogP contribution >= 0.6 is 0 Å². The quantitative estimate of drug-likeness (QED) is 0.0335. The molecule has 15 heteroatoms. The van der Waals surface area contributed by atoms with E-state index in [0.717, 1.165) is 0 Å². The average Bonchev–Trinajstić information content (AvgIpc) is 2.95. The number of rotatable bonds is 18. The van der Waals surface area contributed by atoms with E-state index in [1.165, 1.54) is 7.11 Å². The molecule has 0 N–H and O–H groups in total. The van der Waals surface area contributed by atoms with Gasteiger partial charge in [-0.3, -0.25) is 0 Å². The Labute approximate surface area is 322 Å². The summed E-state index contributed by atoms with van der Waals surface area (Å²) in [5.41, 5.74) is 9.54. The maximum atomic E-state index is 9.54. The molecule has 1 rings (SSSR count). The molecular weight excluding hydrogens is 727 g/mol. The zero-order chi connectivity index (χ0) is 40.9. The Bertz CT molecular complexity index is 1190. The van der Waals surface area contributed by atoms with Gasteiger partial charge in [-0.05, 0) is 78.1 Å². The molecule has 0 aromatic heterocycles. The second-order valence-electron chi connectivity index (χ2n) is 20.5. The van der Waals surface area contributed by atoms with Gasteiger partial charge in [0.15, 0.2) is 39.6 Å². The van der Waals surface area contributed by atoms with E-state index in [2.05, 4.69) is 152 Å². The van der Waals surface area contributed by atoms with Crippen molar-refractivity contribution < 1.29 is 36.7 Å². The molecule has 1 aliphatic rings. The van der Waals surface area contributed by atoms with Crippen LogP contribution in [0, 0.1) is 0 Å². The molecule has 1 fully saturated rings. The number of ether oxygens (including phenoxy) is 4. The van der Waals surface area contributed by atoms with Gasteiger partial charge in [-0.1, -0.05) is 94.3 Å². The van der Waals surface area contributed by atoms with Gasteiger partial charge in [-0.25, -0.2) is 0 Å². The van der Waals surface area contributed by atoms with Crippen LogP contribution in [0.3, 0.4) is 0 Å². The minimum Gasteiger partial charge on any atom is -0.414 e. The lowest BCUT2D eigenvalue weighted by Gasteiger charge is -2.55. The fourth-order valence-corrected chi connectivity index (χ4v) is 9.46. The van der Waals surface area contributed by atoms with E-state index in [-0.39, 0.29) is 33.6 Å². The smallest absolute Gasteiger partial charge is 0.192 e. The predicted octanol–water partition coefficient (Wildman–Crippen LogP) is 10.8. The molecule has 0 bridgehead atoms. The number of azide groups is 1. The van der Waals surface area contributed by atoms with E-state index in [1.54, 1.807) is 6.08 Å². The molecule has 0 radical (unpaired) electrons. The molecule has 306 valence electrons. The zero-order valence-electron chi connectivity index (χ0n) is 37.1. The topological polar surface area (TPSA) is 123 Å². The molecule has 1 aliphatic heterocycles. The van der Waals surface area contributed by atoms with E-state index >= 15 is 0 Å². The molecule has 0 aromatic rings. The van der Waals surface area contributed by atoms with Crippen molar-refractivity contribution in [1.29, 1.82) is 0 Å². The zero-order valence-corrected chi connectivity index (χ0v) is 41.1. The lowest BCUT2D eigenvalue weighted by molar-refractivity contribution is -0.293. The van der Waals surface area contributed by atoms with Gasteiger partial charge in [0.25, 0.3) is 0 Å². The van der Waals surface area contributed by atoms with E-state index in [1.807, 2.05) is 0 Å². The largest absolute Gasteiger partial charge is 0.414 e. The first-order valence-corrected chi connectivity index (χ1v) is 30.5. The van der Waals surface area contributed by atoms with Gasteiger partial charge in [0, 0.05) is 12.0 Å². The SMILES string of the molecule is C=C[C@H](OCOC)[C@@H](CO[C@@H]1O[C@H](CO[Si](C)(C)C(C)(C)C)[C@@H](O[Si](C)(C)C(C)(C)C)[C@H](O[Si](C)(C)C(C)(C)C)[C@H]1O[Si](C)(C)C(C)(C)C)N=[N+]=[N-]. The number of hydrogen-bond acceptors (Lipinski definition) is 9. The first kappa shape index (κ1) is 49.6. The van der Waals surface area contributed by atoms with Gasteiger partial charge in [0.05, 0.1) is 25.4 Å². The Balaban J connectivity index is 4.10. The van der Waals surface area contributed by atoms with Gasteiger partial charge in [0.2, 0.25) is 0 Å². The lowest BCUT2D eigenvalue weighted by atomic mass is 9.99. The van der Waals surface area contributed by atoms with Gasteiger partial charge in [0.1, 0.15) is 31.2 Å². The van der Waals surface area contributed by atoms with Crippen molar-refractivity contribution >= 4 is 33.3 Å².